The molecule has 3 aromatic heterocycles. The molecule has 0 bridgehead atoms. The summed E-state index contributed by atoms with van der Waals surface area (Å²) in [7, 11) is 3.60. The fourth-order valence-electron chi connectivity index (χ4n) is 3.85. The minimum atomic E-state index is 0.268. The van der Waals surface area contributed by atoms with E-state index in [9.17, 15) is 0 Å². The zero-order chi connectivity index (χ0) is 20.4. The van der Waals surface area contributed by atoms with Crippen molar-refractivity contribution in [2.45, 2.75) is 32.4 Å². The number of thiazole rings is 1. The molecule has 0 aromatic carbocycles. The van der Waals surface area contributed by atoms with Gasteiger partial charge in [-0.05, 0) is 38.4 Å². The third-order valence-corrected chi connectivity index (χ3v) is 5.97. The van der Waals surface area contributed by atoms with Crippen molar-refractivity contribution < 1.29 is 4.74 Å². The number of methoxy groups -OCH3 is 1. The second-order valence-electron chi connectivity index (χ2n) is 7.07. The van der Waals surface area contributed by atoms with Gasteiger partial charge in [-0.25, -0.2) is 14.6 Å². The monoisotopic (exact) mass is 409 g/mol. The lowest BCUT2D eigenvalue weighted by Gasteiger charge is -2.23. The largest absolute Gasteiger partial charge is 0.481 e. The summed E-state index contributed by atoms with van der Waals surface area (Å²) in [6.45, 7) is 3.84. The first-order valence-electron chi connectivity index (χ1n) is 9.48. The van der Waals surface area contributed by atoms with Gasteiger partial charge >= 0.3 is 0 Å². The molecule has 1 saturated heterocycles. The van der Waals surface area contributed by atoms with E-state index in [1.165, 1.54) is 0 Å². The number of rotatable bonds is 6. The molecular formula is C20H23N7OS. The molecule has 4 rings (SSSR count). The first kappa shape index (κ1) is 19.4. The Labute approximate surface area is 173 Å². The molecule has 9 heteroatoms. The number of aromatic nitrogens is 4. The highest BCUT2D eigenvalue weighted by Crippen LogP contribution is 2.36. The van der Waals surface area contributed by atoms with Crippen molar-refractivity contribution in [1.29, 1.82) is 5.26 Å². The van der Waals surface area contributed by atoms with Crippen LogP contribution in [0, 0.1) is 18.3 Å². The first-order valence-corrected chi connectivity index (χ1v) is 10.4. The van der Waals surface area contributed by atoms with Gasteiger partial charge in [0.1, 0.15) is 5.82 Å². The van der Waals surface area contributed by atoms with Gasteiger partial charge in [-0.15, -0.1) is 11.3 Å². The van der Waals surface area contributed by atoms with Gasteiger partial charge in [-0.1, -0.05) is 0 Å². The number of nitrogens with zero attached hydrogens (tertiary/aromatic N) is 6. The van der Waals surface area contributed by atoms with Gasteiger partial charge in [0.05, 0.1) is 41.7 Å². The van der Waals surface area contributed by atoms with Crippen LogP contribution in [0.1, 0.15) is 41.4 Å². The Kier molecular flexibility index (Phi) is 5.47. The maximum absolute atomic E-state index is 9.05. The highest BCUT2D eigenvalue weighted by molar-refractivity contribution is 7.13. The number of nitrogens with one attached hydrogen (secondary N) is 1. The summed E-state index contributed by atoms with van der Waals surface area (Å²) in [4.78, 5) is 11.5. The molecule has 4 heterocycles. The highest BCUT2D eigenvalue weighted by Gasteiger charge is 2.30. The summed E-state index contributed by atoms with van der Waals surface area (Å²) in [6, 6.07) is 5.80. The molecular weight excluding hydrogens is 386 g/mol. The minimum absolute atomic E-state index is 0.268. The molecule has 8 nitrogen and oxygen atoms in total. The Morgan fingerprint density at radius 1 is 1.45 bits per heavy atom. The maximum atomic E-state index is 9.05. The van der Waals surface area contributed by atoms with Crippen molar-refractivity contribution in [3.63, 3.8) is 0 Å². The highest BCUT2D eigenvalue weighted by atomic mass is 32.1. The predicted octanol–water partition coefficient (Wildman–Crippen LogP) is 3.54. The van der Waals surface area contributed by atoms with Gasteiger partial charge in [0.25, 0.3) is 0 Å². The molecule has 1 aliphatic heterocycles. The number of aryl methyl sites for hydroxylation is 2. The van der Waals surface area contributed by atoms with E-state index in [2.05, 4.69) is 31.7 Å². The van der Waals surface area contributed by atoms with Crippen molar-refractivity contribution in [3.8, 4) is 11.9 Å². The Morgan fingerprint density at radius 2 is 2.31 bits per heavy atom. The van der Waals surface area contributed by atoms with Crippen molar-refractivity contribution in [1.82, 2.24) is 24.6 Å². The molecule has 0 amide bonds. The zero-order valence-electron chi connectivity index (χ0n) is 16.7. The van der Waals surface area contributed by atoms with Gasteiger partial charge in [0, 0.05) is 25.2 Å². The van der Waals surface area contributed by atoms with E-state index in [1.54, 1.807) is 41.5 Å². The number of hydrogen-bond donors (Lipinski definition) is 1. The standard InChI is InChI=1S/C20H23N7OS/c1-13-15(19(28-3)26(2)25-13)11-27-8-4-5-17(27)16-12-29-20(23-16)24-18-9-14(10-21)6-7-22-18/h6-7,9,12,17H,4-5,8,11H2,1-3H3,(H,22,23,24)/t17-/m0/s1. The Hall–Kier alpha value is -2.96. The van der Waals surface area contributed by atoms with Crippen LogP contribution in [0.3, 0.4) is 0 Å². The van der Waals surface area contributed by atoms with Crippen LogP contribution in [0.4, 0.5) is 10.9 Å². The second-order valence-corrected chi connectivity index (χ2v) is 7.93. The van der Waals surface area contributed by atoms with Crippen LogP contribution in [0.2, 0.25) is 0 Å². The zero-order valence-corrected chi connectivity index (χ0v) is 17.5. The lowest BCUT2D eigenvalue weighted by atomic mass is 10.1. The summed E-state index contributed by atoms with van der Waals surface area (Å²) < 4.78 is 7.35. The van der Waals surface area contributed by atoms with Crippen LogP contribution in [0.25, 0.3) is 0 Å². The van der Waals surface area contributed by atoms with Gasteiger partial charge < -0.3 is 10.1 Å². The smallest absolute Gasteiger partial charge is 0.216 e. The number of pyridine rings is 1. The third kappa shape index (κ3) is 3.95. The van der Waals surface area contributed by atoms with E-state index in [1.807, 2.05) is 14.0 Å². The van der Waals surface area contributed by atoms with E-state index >= 15 is 0 Å². The van der Waals surface area contributed by atoms with Crippen molar-refractivity contribution in [2.24, 2.45) is 7.05 Å². The number of ether oxygens (including phenoxy) is 1. The van der Waals surface area contributed by atoms with Crippen LogP contribution in [-0.4, -0.2) is 38.3 Å². The molecule has 0 unspecified atom stereocenters. The first-order chi connectivity index (χ1) is 14.1. The van der Waals surface area contributed by atoms with E-state index < -0.39 is 0 Å². The van der Waals surface area contributed by atoms with Gasteiger partial charge in [-0.3, -0.25) is 4.90 Å². The summed E-state index contributed by atoms with van der Waals surface area (Å²) in [5.74, 6) is 1.45. The lowest BCUT2D eigenvalue weighted by Crippen LogP contribution is -2.23. The van der Waals surface area contributed by atoms with E-state index in [0.717, 1.165) is 53.9 Å². The van der Waals surface area contributed by atoms with Gasteiger partial charge in [0.2, 0.25) is 5.88 Å². The maximum Gasteiger partial charge on any atom is 0.216 e. The van der Waals surface area contributed by atoms with Crippen LogP contribution >= 0.6 is 11.3 Å². The molecule has 29 heavy (non-hydrogen) atoms. The fraction of sp³-hybridized carbons (Fsp3) is 0.400. The molecule has 3 aromatic rings. The van der Waals surface area contributed by atoms with Gasteiger partial charge in [0.15, 0.2) is 5.13 Å². The summed E-state index contributed by atoms with van der Waals surface area (Å²) >= 11 is 1.55. The SMILES string of the molecule is COc1c(CN2CCC[C@H]2c2csc(Nc3cc(C#N)ccn3)n2)c(C)nn1C. The van der Waals surface area contributed by atoms with Crippen molar-refractivity contribution in [3.05, 3.63) is 46.2 Å². The quantitative estimate of drug-likeness (QED) is 0.666. The summed E-state index contributed by atoms with van der Waals surface area (Å²) in [6.07, 6.45) is 3.84. The lowest BCUT2D eigenvalue weighted by molar-refractivity contribution is 0.240. The second kappa shape index (κ2) is 8.19. The van der Waals surface area contributed by atoms with Crippen LogP contribution < -0.4 is 10.1 Å². The molecule has 150 valence electrons. The molecule has 1 N–H and O–H groups in total. The molecule has 1 aliphatic rings. The topological polar surface area (TPSA) is 91.9 Å². The average Bonchev–Trinajstić information content (AvgIpc) is 3.42. The summed E-state index contributed by atoms with van der Waals surface area (Å²) in [5, 5.41) is 19.6. The predicted molar refractivity (Wildman–Crippen MR) is 111 cm³/mol. The summed E-state index contributed by atoms with van der Waals surface area (Å²) in [5.41, 5.74) is 3.76. The fourth-order valence-corrected chi connectivity index (χ4v) is 4.61. The van der Waals surface area contributed by atoms with Gasteiger partial charge in [-0.2, -0.15) is 10.4 Å². The van der Waals surface area contributed by atoms with Crippen LogP contribution in [-0.2, 0) is 13.6 Å². The Bertz CT molecular complexity index is 1050. The van der Waals surface area contributed by atoms with E-state index in [4.69, 9.17) is 15.0 Å². The molecule has 0 saturated carbocycles. The minimum Gasteiger partial charge on any atom is -0.481 e. The third-order valence-electron chi connectivity index (χ3n) is 5.19. The number of nitriles is 1. The van der Waals surface area contributed by atoms with E-state index in [-0.39, 0.29) is 6.04 Å². The molecule has 1 fully saturated rings. The Balaban J connectivity index is 1.50. The number of likely N-dealkylation sites (tertiary alicyclic amines) is 1. The van der Waals surface area contributed by atoms with Crippen LogP contribution in [0.5, 0.6) is 5.88 Å². The molecule has 0 radical (unpaired) electrons. The molecule has 0 spiro atoms. The van der Waals surface area contributed by atoms with Crippen molar-refractivity contribution in [2.75, 3.05) is 19.0 Å². The Morgan fingerprint density at radius 3 is 3.10 bits per heavy atom. The molecule has 1 atom stereocenters. The number of anilines is 2. The van der Waals surface area contributed by atoms with E-state index in [0.29, 0.717) is 11.4 Å². The van der Waals surface area contributed by atoms with Crippen molar-refractivity contribution >= 4 is 22.3 Å². The normalized spacial score (nSPS) is 16.7. The number of hydrogen-bond acceptors (Lipinski definition) is 8. The van der Waals surface area contributed by atoms with Crippen LogP contribution in [0.15, 0.2) is 23.7 Å². The molecule has 0 aliphatic carbocycles. The average molecular weight is 410 g/mol.